The summed E-state index contributed by atoms with van der Waals surface area (Å²) >= 11 is 6.63. The van der Waals surface area contributed by atoms with E-state index in [0.29, 0.717) is 46.7 Å². The molecule has 0 aliphatic carbocycles. The Morgan fingerprint density at radius 2 is 1.76 bits per heavy atom. The van der Waals surface area contributed by atoms with Crippen molar-refractivity contribution in [1.82, 2.24) is 35.0 Å². The number of carbonyl (C=O) groups excluding carboxylic acids is 4. The number of hydrogen-bond donors (Lipinski definition) is 3. The van der Waals surface area contributed by atoms with E-state index in [-0.39, 0.29) is 54.0 Å². The number of aromatic nitrogens is 3. The second kappa shape index (κ2) is 16.9. The van der Waals surface area contributed by atoms with Crippen LogP contribution in [-0.2, 0) is 20.9 Å². The van der Waals surface area contributed by atoms with Gasteiger partial charge in [-0.15, -0.1) is 0 Å². The zero-order valence-corrected chi connectivity index (χ0v) is 36.2. The Kier molecular flexibility index (Phi) is 11.3. The molecule has 9 rings (SSSR count). The van der Waals surface area contributed by atoms with Gasteiger partial charge in [-0.1, -0.05) is 11.6 Å². The monoisotopic (exact) mass is 864 g/mol. The fourth-order valence-electron chi connectivity index (χ4n) is 9.99. The number of piperidine rings is 3. The standard InChI is InChI=1S/C45H53ClN10O6/c1-27(2)56-35-7-4-31(18-29(35)20-37(43(56)61)62-24-39(58)47-3)49-40-34(46)21-48-44(51-40)54-16-12-45(13-17-54)25-52(26-45)22-28-10-14-53(15-11-28)32-5-6-33-30(19-32)23-55(42(33)60)36-8-9-38(57)50-41(36)59/h4-7,18-21,27-28,36H,8-17,22-26H2,1-3H3,(H,47,58)(H,48,49,51)(H,50,57,59). The SMILES string of the molecule is CNC(=O)COc1cc2cc(Nc3nc(N4CCC5(CC4)CN(CC4CCN(c6ccc7c(c6)CN(C6CCC(=O)NC6=O)C7=O)CC4)C5)ncc3Cl)ccc2n(C(C)C)c1=O. The maximum Gasteiger partial charge on any atom is 0.293 e. The zero-order valence-electron chi connectivity index (χ0n) is 35.4. The van der Waals surface area contributed by atoms with Gasteiger partial charge < -0.3 is 39.5 Å². The number of carbonyl (C=O) groups is 4. The third-order valence-corrected chi connectivity index (χ3v) is 13.7. The second-order valence-electron chi connectivity index (χ2n) is 17.8. The Bertz CT molecular complexity index is 2490. The van der Waals surface area contributed by atoms with Gasteiger partial charge in [0.1, 0.15) is 11.1 Å². The average Bonchev–Trinajstić information content (AvgIpc) is 3.58. The Morgan fingerprint density at radius 3 is 2.48 bits per heavy atom. The highest BCUT2D eigenvalue weighted by molar-refractivity contribution is 6.33. The summed E-state index contributed by atoms with van der Waals surface area (Å²) in [5.74, 6) is 0.744. The van der Waals surface area contributed by atoms with Crippen LogP contribution in [0.15, 0.2) is 53.5 Å². The first-order valence-corrected chi connectivity index (χ1v) is 22.1. The molecule has 4 amide bonds. The number of halogens is 1. The van der Waals surface area contributed by atoms with Crippen LogP contribution in [0.2, 0.25) is 5.02 Å². The predicted octanol–water partition coefficient (Wildman–Crippen LogP) is 4.47. The first-order valence-electron chi connectivity index (χ1n) is 21.7. The molecule has 1 unspecified atom stereocenters. The van der Waals surface area contributed by atoms with Crippen LogP contribution in [0.1, 0.15) is 74.3 Å². The molecule has 1 spiro atoms. The van der Waals surface area contributed by atoms with Crippen LogP contribution in [0.25, 0.3) is 10.9 Å². The van der Waals surface area contributed by atoms with Gasteiger partial charge in [-0.3, -0.25) is 29.3 Å². The molecule has 5 aliphatic heterocycles. The van der Waals surface area contributed by atoms with Gasteiger partial charge in [0, 0.05) is 94.2 Å². The minimum atomic E-state index is -0.603. The van der Waals surface area contributed by atoms with Gasteiger partial charge in [0.15, 0.2) is 18.2 Å². The summed E-state index contributed by atoms with van der Waals surface area (Å²) in [6, 6.07) is 12.7. The van der Waals surface area contributed by atoms with E-state index in [1.165, 1.54) is 7.05 Å². The fraction of sp³-hybridized carbons (Fsp3) is 0.489. The molecule has 3 N–H and O–H groups in total. The van der Waals surface area contributed by atoms with Crippen molar-refractivity contribution in [2.24, 2.45) is 11.3 Å². The number of amides is 4. The molecule has 4 fully saturated rings. The number of nitrogens with one attached hydrogen (secondary N) is 3. The van der Waals surface area contributed by atoms with E-state index in [9.17, 15) is 24.0 Å². The Hall–Kier alpha value is -5.74. The molecule has 4 saturated heterocycles. The normalized spacial score (nSPS) is 20.4. The third kappa shape index (κ3) is 8.17. The van der Waals surface area contributed by atoms with Gasteiger partial charge in [0.05, 0.1) is 11.7 Å². The average molecular weight is 865 g/mol. The number of anilines is 4. The molecule has 5 aliphatic rings. The lowest BCUT2D eigenvalue weighted by Gasteiger charge is -2.55. The number of pyridine rings is 1. The van der Waals surface area contributed by atoms with Gasteiger partial charge in [-0.25, -0.2) is 4.98 Å². The summed E-state index contributed by atoms with van der Waals surface area (Å²) < 4.78 is 7.29. The van der Waals surface area contributed by atoms with Gasteiger partial charge in [-0.05, 0) is 105 Å². The number of rotatable bonds is 11. The lowest BCUT2D eigenvalue weighted by molar-refractivity contribution is -0.137. The number of imide groups is 1. The Labute approximate surface area is 364 Å². The molecule has 17 heteroatoms. The van der Waals surface area contributed by atoms with Crippen molar-refractivity contribution in [3.8, 4) is 5.75 Å². The quantitative estimate of drug-likeness (QED) is 0.181. The molecule has 0 bridgehead atoms. The first-order chi connectivity index (χ1) is 29.9. The molecule has 62 heavy (non-hydrogen) atoms. The van der Waals surface area contributed by atoms with Crippen molar-refractivity contribution < 1.29 is 23.9 Å². The highest BCUT2D eigenvalue weighted by Crippen LogP contribution is 2.42. The van der Waals surface area contributed by atoms with Gasteiger partial charge in [-0.2, -0.15) is 4.98 Å². The minimum Gasteiger partial charge on any atom is -0.478 e. The topological polar surface area (TPSA) is 174 Å². The summed E-state index contributed by atoms with van der Waals surface area (Å²) in [5.41, 5.74) is 4.21. The van der Waals surface area contributed by atoms with Crippen LogP contribution in [0.3, 0.4) is 0 Å². The third-order valence-electron chi connectivity index (χ3n) is 13.4. The van der Waals surface area contributed by atoms with Gasteiger partial charge in [0.25, 0.3) is 17.4 Å². The van der Waals surface area contributed by atoms with Crippen molar-refractivity contribution >= 4 is 69.3 Å². The van der Waals surface area contributed by atoms with Crippen molar-refractivity contribution in [2.45, 2.75) is 71.0 Å². The van der Waals surface area contributed by atoms with E-state index in [2.05, 4.69) is 41.7 Å². The zero-order chi connectivity index (χ0) is 43.3. The number of benzene rings is 2. The maximum atomic E-state index is 13.3. The molecule has 0 saturated carbocycles. The predicted molar refractivity (Wildman–Crippen MR) is 236 cm³/mol. The number of fused-ring (bicyclic) bond motifs is 2. The summed E-state index contributed by atoms with van der Waals surface area (Å²) in [6.07, 6.45) is 6.64. The van der Waals surface area contributed by atoms with Crippen molar-refractivity contribution in [3.05, 3.63) is 75.2 Å². The van der Waals surface area contributed by atoms with E-state index in [4.69, 9.17) is 21.3 Å². The molecule has 7 heterocycles. The molecule has 326 valence electrons. The molecule has 4 aromatic rings. The summed E-state index contributed by atoms with van der Waals surface area (Å²) in [4.78, 5) is 80.8. The largest absolute Gasteiger partial charge is 0.478 e. The molecule has 0 radical (unpaired) electrons. The number of likely N-dealkylation sites (tertiary alicyclic amines) is 1. The summed E-state index contributed by atoms with van der Waals surface area (Å²) in [7, 11) is 1.52. The molecular formula is C45H53ClN10O6. The fourth-order valence-corrected chi connectivity index (χ4v) is 10.1. The Morgan fingerprint density at radius 1 is 0.984 bits per heavy atom. The second-order valence-corrected chi connectivity index (χ2v) is 18.2. The molecule has 2 aromatic carbocycles. The van der Waals surface area contributed by atoms with E-state index < -0.39 is 6.04 Å². The minimum absolute atomic E-state index is 0.101. The van der Waals surface area contributed by atoms with Crippen LogP contribution in [0, 0.1) is 11.3 Å². The molecule has 16 nitrogen and oxygen atoms in total. The number of ether oxygens (including phenoxy) is 1. The smallest absolute Gasteiger partial charge is 0.293 e. The maximum absolute atomic E-state index is 13.3. The van der Waals surface area contributed by atoms with E-state index in [0.717, 1.165) is 99.3 Å². The van der Waals surface area contributed by atoms with Crippen LogP contribution in [0.4, 0.5) is 23.1 Å². The Balaban J connectivity index is 0.760. The van der Waals surface area contributed by atoms with Crippen molar-refractivity contribution in [2.75, 3.05) is 74.6 Å². The highest BCUT2D eigenvalue weighted by Gasteiger charge is 2.46. The molecule has 1 atom stereocenters. The summed E-state index contributed by atoms with van der Waals surface area (Å²) in [6.45, 7) is 11.0. The molecular weight excluding hydrogens is 812 g/mol. The number of nitrogens with zero attached hydrogens (tertiary/aromatic N) is 7. The van der Waals surface area contributed by atoms with Crippen LogP contribution in [-0.4, -0.2) is 113 Å². The van der Waals surface area contributed by atoms with E-state index >= 15 is 0 Å². The van der Waals surface area contributed by atoms with Gasteiger partial charge >= 0.3 is 0 Å². The van der Waals surface area contributed by atoms with Crippen LogP contribution in [0.5, 0.6) is 5.75 Å². The van der Waals surface area contributed by atoms with Crippen LogP contribution < -0.4 is 36.0 Å². The van der Waals surface area contributed by atoms with Crippen molar-refractivity contribution in [3.63, 3.8) is 0 Å². The number of likely N-dealkylation sites (N-methyl/N-ethyl adjacent to an activating group) is 1. The number of hydrogen-bond acceptors (Lipinski definition) is 12. The lowest BCUT2D eigenvalue weighted by atomic mass is 9.71. The van der Waals surface area contributed by atoms with Gasteiger partial charge in [0.2, 0.25) is 17.8 Å². The first kappa shape index (κ1) is 41.6. The van der Waals surface area contributed by atoms with E-state index in [1.807, 2.05) is 44.2 Å². The highest BCUT2D eigenvalue weighted by atomic mass is 35.5. The lowest BCUT2D eigenvalue weighted by Crippen LogP contribution is -2.61. The molecule has 2 aromatic heterocycles. The van der Waals surface area contributed by atoms with Crippen molar-refractivity contribution in [1.29, 1.82) is 0 Å². The van der Waals surface area contributed by atoms with Crippen LogP contribution >= 0.6 is 11.6 Å². The summed E-state index contributed by atoms with van der Waals surface area (Å²) in [5, 5.41) is 9.41. The van der Waals surface area contributed by atoms with E-state index in [1.54, 1.807) is 21.7 Å².